The van der Waals surface area contributed by atoms with Crippen LogP contribution < -0.4 is 26.6 Å². The highest BCUT2D eigenvalue weighted by Gasteiger charge is 2.08. The van der Waals surface area contributed by atoms with Crippen molar-refractivity contribution in [1.82, 2.24) is 10.4 Å². The number of ether oxygens (including phenoxy) is 1. The first-order chi connectivity index (χ1) is 19.3. The van der Waals surface area contributed by atoms with Gasteiger partial charge in [0.2, 0.25) is 0 Å². The second-order valence-electron chi connectivity index (χ2n) is 8.24. The quantitative estimate of drug-likeness (QED) is 0.135. The van der Waals surface area contributed by atoms with Crippen LogP contribution in [0.2, 0.25) is 0 Å². The highest BCUT2D eigenvalue weighted by Crippen LogP contribution is 2.30. The van der Waals surface area contributed by atoms with Crippen molar-refractivity contribution in [1.29, 1.82) is 0 Å². The van der Waals surface area contributed by atoms with Gasteiger partial charge in [0.15, 0.2) is 6.61 Å². The number of carbonyl (C=O) groups is 2. The van der Waals surface area contributed by atoms with Crippen LogP contribution in [-0.2, 0) is 9.59 Å². The monoisotopic (exact) mass is 568 g/mol. The van der Waals surface area contributed by atoms with E-state index in [1.165, 1.54) is 0 Å². The Morgan fingerprint density at radius 3 is 2.12 bits per heavy atom. The number of allylic oxidation sites excluding steroid dienone is 1. The minimum atomic E-state index is -0.565. The summed E-state index contributed by atoms with van der Waals surface area (Å²) in [5, 5.41) is 5.32. The van der Waals surface area contributed by atoms with Gasteiger partial charge in [0, 0.05) is 34.7 Å². The van der Waals surface area contributed by atoms with E-state index in [-0.39, 0.29) is 12.5 Å². The first-order valence-electron chi connectivity index (χ1n) is 12.0. The van der Waals surface area contributed by atoms with Crippen molar-refractivity contribution in [3.8, 4) is 29.4 Å². The molecular formula is C31H29N4O3PS. The van der Waals surface area contributed by atoms with Crippen molar-refractivity contribution in [2.45, 2.75) is 4.90 Å². The molecule has 3 aromatic carbocycles. The fourth-order valence-corrected chi connectivity index (χ4v) is 4.25. The highest BCUT2D eigenvalue weighted by molar-refractivity contribution is 7.99. The molecule has 0 heterocycles. The molecule has 0 bridgehead atoms. The zero-order valence-electron chi connectivity index (χ0n) is 21.9. The summed E-state index contributed by atoms with van der Waals surface area (Å²) in [4.78, 5) is 23.4. The lowest BCUT2D eigenvalue weighted by Crippen LogP contribution is -2.20. The first-order valence-corrected chi connectivity index (χ1v) is 13.6. The van der Waals surface area contributed by atoms with Gasteiger partial charge >= 0.3 is 0 Å². The van der Waals surface area contributed by atoms with Crippen molar-refractivity contribution in [3.05, 3.63) is 107 Å². The molecule has 0 spiro atoms. The zero-order chi connectivity index (χ0) is 28.9. The van der Waals surface area contributed by atoms with E-state index in [0.29, 0.717) is 22.9 Å². The highest BCUT2D eigenvalue weighted by atomic mass is 32.2. The van der Waals surface area contributed by atoms with Gasteiger partial charge in [0.25, 0.3) is 11.8 Å². The van der Waals surface area contributed by atoms with E-state index in [9.17, 15) is 9.59 Å². The van der Waals surface area contributed by atoms with E-state index >= 15 is 0 Å². The predicted octanol–water partition coefficient (Wildman–Crippen LogP) is 3.70. The minimum Gasteiger partial charge on any atom is -0.482 e. The third kappa shape index (κ3) is 9.29. The third-order valence-corrected chi connectivity index (χ3v) is 6.57. The number of anilines is 1. The first kappa shape index (κ1) is 29.9. The smallest absolute Gasteiger partial charge is 0.299 e. The summed E-state index contributed by atoms with van der Waals surface area (Å²) in [7, 11) is 3.92. The van der Waals surface area contributed by atoms with Crippen LogP contribution in [0.15, 0.2) is 90.0 Å². The van der Waals surface area contributed by atoms with Gasteiger partial charge in [0.1, 0.15) is 5.75 Å². The lowest BCUT2D eigenvalue weighted by Gasteiger charge is -2.11. The molecule has 0 aliphatic carbocycles. The van der Waals surface area contributed by atoms with Crippen molar-refractivity contribution in [2.75, 3.05) is 25.1 Å². The van der Waals surface area contributed by atoms with Gasteiger partial charge in [-0.05, 0) is 74.5 Å². The van der Waals surface area contributed by atoms with Gasteiger partial charge in [-0.15, -0.1) is 11.8 Å². The van der Waals surface area contributed by atoms with Crippen LogP contribution in [0.25, 0.3) is 5.57 Å². The number of rotatable bonds is 9. The van der Waals surface area contributed by atoms with Gasteiger partial charge in [-0.2, -0.15) is 0 Å². The molecule has 9 heteroatoms. The average Bonchev–Trinajstić information content (AvgIpc) is 2.97. The predicted molar refractivity (Wildman–Crippen MR) is 166 cm³/mol. The van der Waals surface area contributed by atoms with Crippen LogP contribution in [0.4, 0.5) is 5.69 Å². The van der Waals surface area contributed by atoms with E-state index in [2.05, 4.69) is 56.1 Å². The summed E-state index contributed by atoms with van der Waals surface area (Å²) in [6.45, 7) is 3.60. The molecular weight excluding hydrogens is 539 g/mol. The molecule has 202 valence electrons. The number of thioether (sulfide) groups is 1. The Labute approximate surface area is 241 Å². The Balaban J connectivity index is 1.86. The van der Waals surface area contributed by atoms with E-state index in [4.69, 9.17) is 16.2 Å². The van der Waals surface area contributed by atoms with Gasteiger partial charge in [0.05, 0.1) is 11.4 Å². The molecule has 0 saturated heterocycles. The van der Waals surface area contributed by atoms with Crippen LogP contribution in [0.1, 0.15) is 22.3 Å². The Morgan fingerprint density at radius 2 is 1.60 bits per heavy atom. The average molecular weight is 569 g/mol. The molecule has 6 N–H and O–H groups in total. The summed E-state index contributed by atoms with van der Waals surface area (Å²) in [5.74, 6) is 11.6. The molecule has 40 heavy (non-hydrogen) atoms. The Hall–Kier alpha value is -4.62. The number of hydrogen-bond donors (Lipinski definition) is 4. The SMILES string of the molecule is C=C(C#Cc1ccc(/C(=C\CSc2ccc(OCC(N)=O)c(N)c2)c2ccc(C#CC(=O)NP)cc2)cc1)NC. The van der Waals surface area contributed by atoms with E-state index < -0.39 is 5.91 Å². The Morgan fingerprint density at radius 1 is 1.00 bits per heavy atom. The maximum atomic E-state index is 11.4. The number of amides is 2. The second kappa shape index (κ2) is 15.1. The van der Waals surface area contributed by atoms with Crippen molar-refractivity contribution in [3.63, 3.8) is 0 Å². The number of nitrogen functional groups attached to an aromatic ring is 1. The fraction of sp³-hybridized carbons (Fsp3) is 0.0968. The molecule has 1 unspecified atom stereocenters. The zero-order valence-corrected chi connectivity index (χ0v) is 23.9. The number of primary amides is 1. The largest absolute Gasteiger partial charge is 0.482 e. The molecule has 0 aliphatic heterocycles. The summed E-state index contributed by atoms with van der Waals surface area (Å²) >= 11 is 1.61. The van der Waals surface area contributed by atoms with Gasteiger partial charge in [-0.25, -0.2) is 0 Å². The van der Waals surface area contributed by atoms with Gasteiger partial charge in [-0.1, -0.05) is 48.8 Å². The van der Waals surface area contributed by atoms with Gasteiger partial charge in [-0.3, -0.25) is 9.59 Å². The lowest BCUT2D eigenvalue weighted by atomic mass is 9.96. The molecule has 7 nitrogen and oxygen atoms in total. The molecule has 3 aromatic rings. The Kier molecular flexibility index (Phi) is 11.3. The minimum absolute atomic E-state index is 0.230. The van der Waals surface area contributed by atoms with Crippen molar-refractivity contribution in [2.24, 2.45) is 5.73 Å². The topological polar surface area (TPSA) is 119 Å². The molecule has 0 saturated carbocycles. The van der Waals surface area contributed by atoms with Crippen LogP contribution in [0, 0.1) is 23.7 Å². The summed E-state index contributed by atoms with van der Waals surface area (Å²) in [5.41, 5.74) is 17.0. The number of hydrogen-bond acceptors (Lipinski definition) is 6. The molecule has 0 aromatic heterocycles. The normalized spacial score (nSPS) is 10.3. The number of nitrogens with two attached hydrogens (primary N) is 2. The summed E-state index contributed by atoms with van der Waals surface area (Å²) < 4.78 is 5.33. The summed E-state index contributed by atoms with van der Waals surface area (Å²) in [6, 6.07) is 21.1. The second-order valence-corrected chi connectivity index (χ2v) is 9.62. The molecule has 0 fully saturated rings. The molecule has 1 atom stereocenters. The van der Waals surface area contributed by atoms with Crippen LogP contribution in [0.3, 0.4) is 0 Å². The Bertz CT molecular complexity index is 1460. The molecule has 0 aliphatic rings. The third-order valence-electron chi connectivity index (χ3n) is 5.39. The van der Waals surface area contributed by atoms with E-state index in [1.54, 1.807) is 30.9 Å². The number of benzene rings is 3. The van der Waals surface area contributed by atoms with Crippen molar-refractivity contribution >= 4 is 44.2 Å². The summed E-state index contributed by atoms with van der Waals surface area (Å²) in [6.07, 6.45) is 2.14. The standard InChI is InChI=1S/C31H29N4O3PS/c1-21(34-2)3-4-22-5-10-24(11-6-22)27(25-12-7-23(8-13-25)9-16-31(37)35-39)17-18-40-26-14-15-29(28(32)19-26)38-20-30(33)36/h5-8,10-15,17,19,34H,1,18,20,32,39H2,2H3,(H2,33,36)(H,35,37)/b27-17+. The van der Waals surface area contributed by atoms with E-state index in [0.717, 1.165) is 32.7 Å². The maximum Gasteiger partial charge on any atom is 0.299 e. The van der Waals surface area contributed by atoms with Crippen molar-refractivity contribution < 1.29 is 14.3 Å². The number of nitrogens with one attached hydrogen (secondary N) is 2. The van der Waals surface area contributed by atoms with Crippen LogP contribution in [-0.4, -0.2) is 31.2 Å². The van der Waals surface area contributed by atoms with Crippen LogP contribution >= 0.6 is 21.2 Å². The molecule has 2 amide bonds. The fourth-order valence-electron chi connectivity index (χ4n) is 3.36. The lowest BCUT2D eigenvalue weighted by molar-refractivity contribution is -0.120. The van der Waals surface area contributed by atoms with E-state index in [1.807, 2.05) is 54.6 Å². The maximum absolute atomic E-state index is 11.4. The number of carbonyl (C=O) groups excluding carboxylic acids is 2. The van der Waals surface area contributed by atoms with Gasteiger partial charge < -0.3 is 26.6 Å². The van der Waals surface area contributed by atoms with Crippen LogP contribution in [0.5, 0.6) is 5.75 Å². The molecule has 3 rings (SSSR count). The molecule has 0 radical (unpaired) electrons.